The fourth-order valence-corrected chi connectivity index (χ4v) is 1.53. The second kappa shape index (κ2) is 7.74. The zero-order valence-corrected chi connectivity index (χ0v) is 12.0. The molecule has 0 unspecified atom stereocenters. The van der Waals surface area contributed by atoms with Crippen molar-refractivity contribution < 1.29 is 14.3 Å². The lowest BCUT2D eigenvalue weighted by Gasteiger charge is -2.12. The molecule has 5 nitrogen and oxygen atoms in total. The Bertz CT molecular complexity index is 419. The van der Waals surface area contributed by atoms with E-state index in [-0.39, 0.29) is 18.7 Å². The number of nitrogens with zero attached hydrogens (tertiary/aromatic N) is 1. The Morgan fingerprint density at radius 3 is 2.79 bits per heavy atom. The predicted octanol–water partition coefficient (Wildman–Crippen LogP) is 1.83. The van der Waals surface area contributed by atoms with Crippen LogP contribution in [0.5, 0.6) is 5.75 Å². The quantitative estimate of drug-likeness (QED) is 0.763. The van der Waals surface area contributed by atoms with Crippen molar-refractivity contribution in [3.63, 3.8) is 0 Å². The molecule has 1 N–H and O–H groups in total. The minimum absolute atomic E-state index is 0.0952. The highest BCUT2D eigenvalue weighted by Crippen LogP contribution is 2.16. The fourth-order valence-electron chi connectivity index (χ4n) is 1.53. The molecule has 0 aliphatic carbocycles. The van der Waals surface area contributed by atoms with E-state index in [0.29, 0.717) is 12.3 Å². The van der Waals surface area contributed by atoms with Crippen LogP contribution in [0.3, 0.4) is 0 Å². The van der Waals surface area contributed by atoms with Gasteiger partial charge in [-0.3, -0.25) is 4.98 Å². The molecule has 0 aliphatic rings. The van der Waals surface area contributed by atoms with Gasteiger partial charge >= 0.3 is 5.97 Å². The summed E-state index contributed by atoms with van der Waals surface area (Å²) in [5, 5.41) is 3.19. The molecule has 0 fully saturated rings. The van der Waals surface area contributed by atoms with Gasteiger partial charge < -0.3 is 14.8 Å². The molecule has 0 atom stereocenters. The van der Waals surface area contributed by atoms with Crippen molar-refractivity contribution in [1.29, 1.82) is 0 Å². The summed E-state index contributed by atoms with van der Waals surface area (Å²) in [6.45, 7) is 8.94. The van der Waals surface area contributed by atoms with Gasteiger partial charge in [0, 0.05) is 12.2 Å². The summed E-state index contributed by atoms with van der Waals surface area (Å²) in [4.78, 5) is 15.8. The maximum atomic E-state index is 11.4. The van der Waals surface area contributed by atoms with E-state index in [1.54, 1.807) is 0 Å². The van der Waals surface area contributed by atoms with Gasteiger partial charge in [0.2, 0.25) is 0 Å². The van der Waals surface area contributed by atoms with Crippen molar-refractivity contribution in [1.82, 2.24) is 10.3 Å². The number of nitrogens with one attached hydrogen (secondary N) is 1. The summed E-state index contributed by atoms with van der Waals surface area (Å²) in [5.74, 6) is 0.247. The second-order valence-electron chi connectivity index (χ2n) is 4.51. The molecular formula is C14H22N2O3. The van der Waals surface area contributed by atoms with Crippen molar-refractivity contribution >= 4 is 5.97 Å². The third-order valence-corrected chi connectivity index (χ3v) is 2.33. The zero-order chi connectivity index (χ0) is 14.3. The lowest BCUT2D eigenvalue weighted by Crippen LogP contribution is -2.20. The summed E-state index contributed by atoms with van der Waals surface area (Å²) >= 11 is 0. The second-order valence-corrected chi connectivity index (χ2v) is 4.51. The van der Waals surface area contributed by atoms with E-state index in [9.17, 15) is 4.79 Å². The maximum Gasteiger partial charge on any atom is 0.344 e. The van der Waals surface area contributed by atoms with Gasteiger partial charge in [0.15, 0.2) is 6.61 Å². The van der Waals surface area contributed by atoms with Crippen LogP contribution in [0.1, 0.15) is 32.2 Å². The highest BCUT2D eigenvalue weighted by atomic mass is 16.6. The lowest BCUT2D eigenvalue weighted by molar-refractivity contribution is -0.149. The number of carbonyl (C=O) groups excluding carboxylic acids is 1. The van der Waals surface area contributed by atoms with Crippen LogP contribution in [0, 0.1) is 6.92 Å². The van der Waals surface area contributed by atoms with Gasteiger partial charge in [0.1, 0.15) is 5.75 Å². The molecule has 1 aromatic rings. The van der Waals surface area contributed by atoms with E-state index in [0.717, 1.165) is 17.9 Å². The predicted molar refractivity (Wildman–Crippen MR) is 73.1 cm³/mol. The number of rotatable bonds is 7. The van der Waals surface area contributed by atoms with Gasteiger partial charge in [-0.1, -0.05) is 6.92 Å². The van der Waals surface area contributed by atoms with Gasteiger partial charge in [0.25, 0.3) is 0 Å². The van der Waals surface area contributed by atoms with E-state index in [1.165, 1.54) is 0 Å². The average Bonchev–Trinajstić information content (AvgIpc) is 2.34. The van der Waals surface area contributed by atoms with Crippen LogP contribution in [0.25, 0.3) is 0 Å². The van der Waals surface area contributed by atoms with Crippen LogP contribution < -0.4 is 10.1 Å². The molecule has 19 heavy (non-hydrogen) atoms. The van der Waals surface area contributed by atoms with Crippen LogP contribution in [0.2, 0.25) is 0 Å². The van der Waals surface area contributed by atoms with Gasteiger partial charge in [0.05, 0.1) is 11.8 Å². The molecular weight excluding hydrogens is 244 g/mol. The molecule has 1 heterocycles. The van der Waals surface area contributed by atoms with Crippen LogP contribution in [-0.4, -0.2) is 30.2 Å². The minimum Gasteiger partial charge on any atom is -0.480 e. The monoisotopic (exact) mass is 266 g/mol. The zero-order valence-electron chi connectivity index (χ0n) is 12.0. The topological polar surface area (TPSA) is 60.5 Å². The minimum atomic E-state index is -0.370. The number of ether oxygens (including phenoxy) is 2. The molecule has 0 saturated carbocycles. The van der Waals surface area contributed by atoms with Crippen LogP contribution >= 0.6 is 0 Å². The molecule has 5 heteroatoms. The van der Waals surface area contributed by atoms with E-state index >= 15 is 0 Å². The highest BCUT2D eigenvalue weighted by molar-refractivity contribution is 5.71. The Morgan fingerprint density at radius 1 is 1.42 bits per heavy atom. The van der Waals surface area contributed by atoms with E-state index in [4.69, 9.17) is 9.47 Å². The third kappa shape index (κ3) is 5.70. The third-order valence-electron chi connectivity index (χ3n) is 2.33. The molecule has 1 rings (SSSR count). The number of carbonyl (C=O) groups is 1. The summed E-state index contributed by atoms with van der Waals surface area (Å²) in [6, 6.07) is 3.69. The fraction of sp³-hybridized carbons (Fsp3) is 0.571. The Balaban J connectivity index is 2.63. The van der Waals surface area contributed by atoms with Gasteiger partial charge in [-0.15, -0.1) is 0 Å². The number of hydrogen-bond acceptors (Lipinski definition) is 5. The number of esters is 1. The largest absolute Gasteiger partial charge is 0.480 e. The first-order chi connectivity index (χ1) is 9.02. The molecule has 0 aliphatic heterocycles. The summed E-state index contributed by atoms with van der Waals surface area (Å²) in [6.07, 6.45) is -0.131. The van der Waals surface area contributed by atoms with Crippen LogP contribution in [0.15, 0.2) is 12.1 Å². The normalized spacial score (nSPS) is 10.6. The van der Waals surface area contributed by atoms with Crippen molar-refractivity contribution in [3.8, 4) is 5.75 Å². The first-order valence-electron chi connectivity index (χ1n) is 6.52. The van der Waals surface area contributed by atoms with Crippen LogP contribution in [-0.2, 0) is 16.1 Å². The average molecular weight is 266 g/mol. The van der Waals surface area contributed by atoms with Crippen molar-refractivity contribution in [2.24, 2.45) is 0 Å². The van der Waals surface area contributed by atoms with E-state index < -0.39 is 0 Å². The molecule has 0 spiro atoms. The molecule has 0 bridgehead atoms. The van der Waals surface area contributed by atoms with Gasteiger partial charge in [-0.2, -0.15) is 0 Å². The van der Waals surface area contributed by atoms with E-state index in [1.807, 2.05) is 39.8 Å². The van der Waals surface area contributed by atoms with Gasteiger partial charge in [-0.25, -0.2) is 4.79 Å². The number of aryl methyl sites for hydroxylation is 1. The standard InChI is InChI=1S/C14H22N2O3/c1-5-15-8-12-13(7-6-11(4)16-12)18-9-14(17)19-10(2)3/h6-7,10,15H,5,8-9H2,1-4H3. The van der Waals surface area contributed by atoms with E-state index in [2.05, 4.69) is 10.3 Å². The van der Waals surface area contributed by atoms with Crippen molar-refractivity contribution in [2.45, 2.75) is 40.3 Å². The molecule has 106 valence electrons. The molecule has 0 saturated heterocycles. The molecule has 0 amide bonds. The Labute approximate surface area is 114 Å². The Hall–Kier alpha value is -1.62. The lowest BCUT2D eigenvalue weighted by atomic mass is 10.3. The first kappa shape index (κ1) is 15.4. The Morgan fingerprint density at radius 2 is 2.16 bits per heavy atom. The van der Waals surface area contributed by atoms with Crippen molar-refractivity contribution in [2.75, 3.05) is 13.2 Å². The number of aromatic nitrogens is 1. The van der Waals surface area contributed by atoms with Gasteiger partial charge in [-0.05, 0) is 39.4 Å². The summed E-state index contributed by atoms with van der Waals surface area (Å²) in [5.41, 5.74) is 1.73. The smallest absolute Gasteiger partial charge is 0.344 e. The Kier molecular flexibility index (Phi) is 6.29. The summed E-state index contributed by atoms with van der Waals surface area (Å²) < 4.78 is 10.5. The van der Waals surface area contributed by atoms with Crippen molar-refractivity contribution in [3.05, 3.63) is 23.5 Å². The first-order valence-corrected chi connectivity index (χ1v) is 6.52. The number of pyridine rings is 1. The number of hydrogen-bond donors (Lipinski definition) is 1. The molecule has 0 aromatic carbocycles. The highest BCUT2D eigenvalue weighted by Gasteiger charge is 2.10. The molecule has 0 radical (unpaired) electrons. The maximum absolute atomic E-state index is 11.4. The molecule has 1 aromatic heterocycles. The SMILES string of the molecule is CCNCc1nc(C)ccc1OCC(=O)OC(C)C. The van der Waals surface area contributed by atoms with Crippen LogP contribution in [0.4, 0.5) is 0 Å². The summed E-state index contributed by atoms with van der Waals surface area (Å²) in [7, 11) is 0.